The highest BCUT2D eigenvalue weighted by Crippen LogP contribution is 2.42. The van der Waals surface area contributed by atoms with Crippen LogP contribution in [0.5, 0.6) is 0 Å². The molecule has 0 saturated heterocycles. The molecule has 0 radical (unpaired) electrons. The van der Waals surface area contributed by atoms with Gasteiger partial charge in [0.25, 0.3) is 5.56 Å². The Bertz CT molecular complexity index is 1520. The molecule has 2 aromatic heterocycles. The highest BCUT2D eigenvalue weighted by molar-refractivity contribution is 7.98. The van der Waals surface area contributed by atoms with Crippen molar-refractivity contribution in [2.24, 2.45) is 4.99 Å². The topological polar surface area (TPSA) is 34.4 Å². The number of fused-ring (bicyclic) bond motifs is 3. The summed E-state index contributed by atoms with van der Waals surface area (Å²) < 4.78 is 2.65. The van der Waals surface area contributed by atoms with Crippen molar-refractivity contribution in [3.8, 4) is 0 Å². The van der Waals surface area contributed by atoms with Crippen LogP contribution in [0.4, 0.5) is 0 Å². The zero-order valence-corrected chi connectivity index (χ0v) is 19.9. The average molecular weight is 473 g/mol. The third-order valence-electron chi connectivity index (χ3n) is 6.10. The maximum atomic E-state index is 13.6. The first-order chi connectivity index (χ1) is 15.7. The van der Waals surface area contributed by atoms with E-state index in [1.165, 1.54) is 37.8 Å². The Balaban J connectivity index is 1.58. The van der Waals surface area contributed by atoms with Crippen molar-refractivity contribution in [2.45, 2.75) is 23.8 Å². The number of rotatable bonds is 3. The fourth-order valence-corrected chi connectivity index (χ4v) is 6.83. The number of benzene rings is 2. The summed E-state index contributed by atoms with van der Waals surface area (Å²) in [6, 6.07) is 21.0. The van der Waals surface area contributed by atoms with Gasteiger partial charge in [-0.2, -0.15) is 0 Å². The molecule has 1 aliphatic heterocycles. The molecule has 6 rings (SSSR count). The molecule has 0 bridgehead atoms. The molecule has 3 nitrogen and oxygen atoms in total. The number of hydrogen-bond acceptors (Lipinski definition) is 5. The molecule has 0 fully saturated rings. The van der Waals surface area contributed by atoms with E-state index in [1.807, 2.05) is 10.6 Å². The fraction of sp³-hybridized carbons (Fsp3) is 0.154. The lowest BCUT2D eigenvalue weighted by Gasteiger charge is -2.30. The average Bonchev–Trinajstić information content (AvgIpc) is 3.47. The summed E-state index contributed by atoms with van der Waals surface area (Å²) in [6.45, 7) is 0. The van der Waals surface area contributed by atoms with Gasteiger partial charge >= 0.3 is 0 Å². The Morgan fingerprint density at radius 2 is 1.91 bits per heavy atom. The molecule has 158 valence electrons. The van der Waals surface area contributed by atoms with Crippen LogP contribution < -0.4 is 14.9 Å². The number of aryl methyl sites for hydroxylation is 1. The van der Waals surface area contributed by atoms with Gasteiger partial charge in [-0.1, -0.05) is 53.8 Å². The number of nitrogens with zero attached hydrogens (tertiary/aromatic N) is 2. The highest BCUT2D eigenvalue weighted by Gasteiger charge is 2.32. The van der Waals surface area contributed by atoms with Gasteiger partial charge in [-0.05, 0) is 65.5 Å². The van der Waals surface area contributed by atoms with Crippen LogP contribution in [0.15, 0.2) is 86.3 Å². The molecule has 0 amide bonds. The van der Waals surface area contributed by atoms with Crippen LogP contribution in [-0.2, 0) is 6.42 Å². The second kappa shape index (κ2) is 8.03. The van der Waals surface area contributed by atoms with Crippen molar-refractivity contribution in [2.75, 3.05) is 6.26 Å². The third-order valence-corrected chi connectivity index (χ3v) is 8.75. The van der Waals surface area contributed by atoms with Crippen molar-refractivity contribution in [1.29, 1.82) is 0 Å². The molecule has 2 aliphatic rings. The van der Waals surface area contributed by atoms with Crippen LogP contribution in [0.1, 0.15) is 34.0 Å². The van der Waals surface area contributed by atoms with Crippen molar-refractivity contribution >= 4 is 46.2 Å². The fourth-order valence-electron chi connectivity index (χ4n) is 4.57. The van der Waals surface area contributed by atoms with E-state index >= 15 is 0 Å². The normalized spacial score (nSPS) is 17.5. The zero-order chi connectivity index (χ0) is 21.7. The smallest absolute Gasteiger partial charge is 0.271 e. The van der Waals surface area contributed by atoms with Gasteiger partial charge < -0.3 is 0 Å². The molecule has 32 heavy (non-hydrogen) atoms. The van der Waals surface area contributed by atoms with E-state index in [0.717, 1.165) is 33.4 Å². The van der Waals surface area contributed by atoms with E-state index in [-0.39, 0.29) is 11.6 Å². The summed E-state index contributed by atoms with van der Waals surface area (Å²) in [7, 11) is 0. The lowest BCUT2D eigenvalue weighted by Crippen LogP contribution is -2.38. The van der Waals surface area contributed by atoms with E-state index in [2.05, 4.69) is 72.3 Å². The van der Waals surface area contributed by atoms with E-state index in [9.17, 15) is 4.79 Å². The lowest BCUT2D eigenvalue weighted by atomic mass is 9.85. The minimum atomic E-state index is -0.0735. The molecule has 6 heteroatoms. The van der Waals surface area contributed by atoms with Crippen LogP contribution in [0, 0.1) is 0 Å². The third kappa shape index (κ3) is 3.25. The molecule has 3 heterocycles. The molecule has 0 N–H and O–H groups in total. The summed E-state index contributed by atoms with van der Waals surface area (Å²) in [6.07, 6.45) is 5.98. The van der Waals surface area contributed by atoms with Crippen LogP contribution in [-0.4, -0.2) is 10.8 Å². The van der Waals surface area contributed by atoms with Gasteiger partial charge in [0.2, 0.25) is 0 Å². The van der Waals surface area contributed by atoms with Crippen LogP contribution in [0.25, 0.3) is 11.8 Å². The van der Waals surface area contributed by atoms with E-state index in [0.29, 0.717) is 0 Å². The van der Waals surface area contributed by atoms with E-state index < -0.39 is 0 Å². The molecular formula is C26H20N2OS3. The van der Waals surface area contributed by atoms with Gasteiger partial charge in [-0.3, -0.25) is 9.36 Å². The second-order valence-electron chi connectivity index (χ2n) is 7.90. The Labute approximate surface area is 198 Å². The quantitative estimate of drug-likeness (QED) is 0.389. The number of hydrogen-bond donors (Lipinski definition) is 0. The van der Waals surface area contributed by atoms with Crippen LogP contribution in [0.2, 0.25) is 0 Å². The SMILES string of the molecule is CSc1ccc(/C=c2/sc3n(c2=O)[C@H](c2cccs2)C2=C(N=3)c3ccccc3CC2)cc1. The van der Waals surface area contributed by atoms with Gasteiger partial charge in [0.1, 0.15) is 0 Å². The molecule has 0 saturated carbocycles. The lowest BCUT2D eigenvalue weighted by molar-refractivity contribution is 0.593. The predicted octanol–water partition coefficient (Wildman–Crippen LogP) is 5.10. The predicted molar refractivity (Wildman–Crippen MR) is 135 cm³/mol. The monoisotopic (exact) mass is 472 g/mol. The van der Waals surface area contributed by atoms with Crippen molar-refractivity contribution in [1.82, 2.24) is 4.57 Å². The van der Waals surface area contributed by atoms with Gasteiger partial charge in [0, 0.05) is 15.3 Å². The summed E-state index contributed by atoms with van der Waals surface area (Å²) in [5.74, 6) is 0. The summed E-state index contributed by atoms with van der Waals surface area (Å²) >= 11 is 4.92. The Morgan fingerprint density at radius 1 is 1.06 bits per heavy atom. The van der Waals surface area contributed by atoms with Crippen LogP contribution in [0.3, 0.4) is 0 Å². The summed E-state index contributed by atoms with van der Waals surface area (Å²) in [5, 5.41) is 2.09. The first-order valence-corrected chi connectivity index (χ1v) is 13.5. The molecule has 4 aromatic rings. The minimum absolute atomic E-state index is 0.0477. The maximum Gasteiger partial charge on any atom is 0.271 e. The number of allylic oxidation sites excluding steroid dienone is 1. The van der Waals surface area contributed by atoms with Gasteiger partial charge in [-0.15, -0.1) is 23.1 Å². The first-order valence-electron chi connectivity index (χ1n) is 10.5. The molecule has 0 unspecified atom stereocenters. The van der Waals surface area contributed by atoms with Crippen molar-refractivity contribution in [3.05, 3.63) is 113 Å². The van der Waals surface area contributed by atoms with E-state index in [4.69, 9.17) is 4.99 Å². The molecule has 1 aliphatic carbocycles. The first kappa shape index (κ1) is 20.0. The van der Waals surface area contributed by atoms with Gasteiger partial charge in [0.05, 0.1) is 16.3 Å². The number of thioether (sulfide) groups is 1. The number of thiazole rings is 1. The largest absolute Gasteiger partial charge is 0.271 e. The minimum Gasteiger partial charge on any atom is -0.271 e. The Kier molecular flexibility index (Phi) is 5.01. The second-order valence-corrected chi connectivity index (χ2v) is 10.8. The van der Waals surface area contributed by atoms with Crippen LogP contribution >= 0.6 is 34.4 Å². The summed E-state index contributed by atoms with van der Waals surface area (Å²) in [4.78, 5) is 21.9. The highest BCUT2D eigenvalue weighted by atomic mass is 32.2. The van der Waals surface area contributed by atoms with Gasteiger partial charge in [-0.25, -0.2) is 4.99 Å². The Morgan fingerprint density at radius 3 is 2.69 bits per heavy atom. The molecule has 0 spiro atoms. The zero-order valence-electron chi connectivity index (χ0n) is 17.4. The standard InChI is InChI=1S/C26H20N2OS3/c1-30-18-11-8-16(9-12-18)15-22-25(29)28-24(21-7-4-14-31-21)20-13-10-17-5-2-3-6-19(17)23(20)27-26(28)32-22/h2-9,11-12,14-15,24H,10,13H2,1H3/b22-15+/t24-/m0/s1. The summed E-state index contributed by atoms with van der Waals surface area (Å²) in [5.41, 5.74) is 5.95. The van der Waals surface area contributed by atoms with Gasteiger partial charge in [0.15, 0.2) is 4.80 Å². The number of thiophene rings is 1. The molecule has 2 aromatic carbocycles. The Hall–Kier alpha value is -2.67. The maximum absolute atomic E-state index is 13.6. The molecule has 1 atom stereocenters. The number of aromatic nitrogens is 1. The van der Waals surface area contributed by atoms with Crippen molar-refractivity contribution < 1.29 is 0 Å². The van der Waals surface area contributed by atoms with Crippen molar-refractivity contribution in [3.63, 3.8) is 0 Å². The molecular weight excluding hydrogens is 453 g/mol. The van der Waals surface area contributed by atoms with E-state index in [1.54, 1.807) is 23.1 Å².